The largest absolute Gasteiger partial charge is 0.450 e. The molecule has 0 aliphatic carbocycles. The summed E-state index contributed by atoms with van der Waals surface area (Å²) in [7, 11) is 0. The number of carbonyl (C=O) groups is 1. The van der Waals surface area contributed by atoms with E-state index in [0.717, 1.165) is 6.07 Å². The first-order valence-corrected chi connectivity index (χ1v) is 7.06. The van der Waals surface area contributed by atoms with Gasteiger partial charge in [0, 0.05) is 11.6 Å². The summed E-state index contributed by atoms with van der Waals surface area (Å²) in [5.41, 5.74) is 1.24. The fourth-order valence-electron chi connectivity index (χ4n) is 2.24. The summed E-state index contributed by atoms with van der Waals surface area (Å²) in [6.45, 7) is 1.88. The zero-order chi connectivity index (χ0) is 17.3. The summed E-state index contributed by atoms with van der Waals surface area (Å²) in [5, 5.41) is 2.41. The fraction of sp³-hybridized carbons (Fsp3) is 0.125. The Labute approximate surface area is 134 Å². The van der Waals surface area contributed by atoms with Crippen LogP contribution in [-0.4, -0.2) is 22.7 Å². The molecule has 3 rings (SSSR count). The van der Waals surface area contributed by atoms with Crippen LogP contribution in [0.1, 0.15) is 6.92 Å². The normalized spacial score (nSPS) is 10.8. The number of benzene rings is 2. The molecule has 0 saturated heterocycles. The van der Waals surface area contributed by atoms with Crippen molar-refractivity contribution >= 4 is 23.1 Å². The van der Waals surface area contributed by atoms with Gasteiger partial charge in [0.05, 0.1) is 17.6 Å². The third kappa shape index (κ3) is 3.03. The van der Waals surface area contributed by atoms with Crippen molar-refractivity contribution in [1.82, 2.24) is 9.97 Å². The number of nitrogens with one attached hydrogen (secondary N) is 2. The van der Waals surface area contributed by atoms with E-state index in [1.165, 1.54) is 12.1 Å². The molecule has 1 heterocycles. The SMILES string of the molecule is CCOC(=O)Nc1nc2cc(-c3cc(F)c(F)cc3F)ccc2[nH]1. The summed E-state index contributed by atoms with van der Waals surface area (Å²) in [5.74, 6) is -3.11. The van der Waals surface area contributed by atoms with Crippen molar-refractivity contribution in [2.24, 2.45) is 0 Å². The molecule has 2 aromatic carbocycles. The van der Waals surface area contributed by atoms with Crippen LogP contribution in [0.2, 0.25) is 0 Å². The minimum atomic E-state index is -1.25. The number of anilines is 1. The van der Waals surface area contributed by atoms with E-state index in [4.69, 9.17) is 4.74 Å². The van der Waals surface area contributed by atoms with E-state index in [9.17, 15) is 18.0 Å². The lowest BCUT2D eigenvalue weighted by molar-refractivity contribution is 0.167. The molecular weight excluding hydrogens is 323 g/mol. The fourth-order valence-corrected chi connectivity index (χ4v) is 2.24. The lowest BCUT2D eigenvalue weighted by atomic mass is 10.0. The van der Waals surface area contributed by atoms with E-state index in [-0.39, 0.29) is 18.1 Å². The second-order valence-corrected chi connectivity index (χ2v) is 4.91. The average Bonchev–Trinajstić information content (AvgIpc) is 2.92. The van der Waals surface area contributed by atoms with Crippen LogP contribution in [0.4, 0.5) is 23.9 Å². The van der Waals surface area contributed by atoms with Crippen molar-refractivity contribution in [3.8, 4) is 11.1 Å². The zero-order valence-corrected chi connectivity index (χ0v) is 12.5. The predicted molar refractivity (Wildman–Crippen MR) is 82.0 cm³/mol. The van der Waals surface area contributed by atoms with Gasteiger partial charge in [-0.1, -0.05) is 6.07 Å². The van der Waals surface area contributed by atoms with Crippen LogP contribution in [0, 0.1) is 17.5 Å². The number of H-pyrrole nitrogens is 1. The Morgan fingerprint density at radius 1 is 1.17 bits per heavy atom. The number of aromatic amines is 1. The minimum Gasteiger partial charge on any atom is -0.450 e. The monoisotopic (exact) mass is 335 g/mol. The minimum absolute atomic E-state index is 0.0845. The van der Waals surface area contributed by atoms with Crippen LogP contribution < -0.4 is 5.32 Å². The topological polar surface area (TPSA) is 67.0 Å². The van der Waals surface area contributed by atoms with E-state index in [2.05, 4.69) is 15.3 Å². The number of rotatable bonds is 3. The van der Waals surface area contributed by atoms with Gasteiger partial charge in [0.1, 0.15) is 5.82 Å². The van der Waals surface area contributed by atoms with Crippen molar-refractivity contribution in [2.75, 3.05) is 11.9 Å². The molecule has 0 radical (unpaired) electrons. The molecule has 24 heavy (non-hydrogen) atoms. The van der Waals surface area contributed by atoms with E-state index in [1.807, 2.05) is 0 Å². The van der Waals surface area contributed by atoms with Crippen LogP contribution in [0.5, 0.6) is 0 Å². The molecule has 1 amide bonds. The average molecular weight is 335 g/mol. The number of halogens is 3. The van der Waals surface area contributed by atoms with Crippen molar-refractivity contribution in [3.05, 3.63) is 47.8 Å². The van der Waals surface area contributed by atoms with Gasteiger partial charge < -0.3 is 9.72 Å². The van der Waals surface area contributed by atoms with Gasteiger partial charge in [-0.15, -0.1) is 0 Å². The second-order valence-electron chi connectivity index (χ2n) is 4.91. The number of ether oxygens (including phenoxy) is 1. The molecule has 3 aromatic rings. The number of nitrogens with zero attached hydrogens (tertiary/aromatic N) is 1. The molecule has 2 N–H and O–H groups in total. The van der Waals surface area contributed by atoms with E-state index in [0.29, 0.717) is 22.7 Å². The highest BCUT2D eigenvalue weighted by molar-refractivity contribution is 5.88. The molecule has 0 atom stereocenters. The van der Waals surface area contributed by atoms with Crippen LogP contribution in [0.25, 0.3) is 22.2 Å². The van der Waals surface area contributed by atoms with Crippen LogP contribution in [-0.2, 0) is 4.74 Å². The quantitative estimate of drug-likeness (QED) is 0.705. The Hall–Kier alpha value is -3.03. The summed E-state index contributed by atoms with van der Waals surface area (Å²) in [4.78, 5) is 18.4. The van der Waals surface area contributed by atoms with Gasteiger partial charge in [0.15, 0.2) is 11.6 Å². The Kier molecular flexibility index (Phi) is 4.11. The highest BCUT2D eigenvalue weighted by Gasteiger charge is 2.13. The number of carbonyl (C=O) groups excluding carboxylic acids is 1. The summed E-state index contributed by atoms with van der Waals surface area (Å²) in [6, 6.07) is 5.90. The highest BCUT2D eigenvalue weighted by atomic mass is 19.2. The Balaban J connectivity index is 1.97. The molecule has 0 bridgehead atoms. The first-order valence-electron chi connectivity index (χ1n) is 7.06. The lowest BCUT2D eigenvalue weighted by Crippen LogP contribution is -2.14. The molecular formula is C16H12F3N3O2. The Morgan fingerprint density at radius 2 is 1.92 bits per heavy atom. The summed E-state index contributed by atoms with van der Waals surface area (Å²) >= 11 is 0. The summed E-state index contributed by atoms with van der Waals surface area (Å²) in [6.07, 6.45) is -0.663. The molecule has 0 fully saturated rings. The number of hydrogen-bond acceptors (Lipinski definition) is 3. The summed E-state index contributed by atoms with van der Waals surface area (Å²) < 4.78 is 45.0. The van der Waals surface area contributed by atoms with Crippen LogP contribution >= 0.6 is 0 Å². The molecule has 1 aromatic heterocycles. The van der Waals surface area contributed by atoms with Gasteiger partial charge in [-0.25, -0.2) is 22.9 Å². The third-order valence-electron chi connectivity index (χ3n) is 3.30. The van der Waals surface area contributed by atoms with Crippen molar-refractivity contribution in [1.29, 1.82) is 0 Å². The van der Waals surface area contributed by atoms with E-state index < -0.39 is 23.5 Å². The van der Waals surface area contributed by atoms with Gasteiger partial charge in [0.25, 0.3) is 0 Å². The maximum Gasteiger partial charge on any atom is 0.413 e. The number of amides is 1. The van der Waals surface area contributed by atoms with Gasteiger partial charge in [0.2, 0.25) is 5.95 Å². The van der Waals surface area contributed by atoms with Crippen LogP contribution in [0.3, 0.4) is 0 Å². The molecule has 0 spiro atoms. The van der Waals surface area contributed by atoms with Crippen molar-refractivity contribution in [3.63, 3.8) is 0 Å². The third-order valence-corrected chi connectivity index (χ3v) is 3.30. The first kappa shape index (κ1) is 15.9. The number of aromatic nitrogens is 2. The zero-order valence-electron chi connectivity index (χ0n) is 12.5. The van der Waals surface area contributed by atoms with Crippen molar-refractivity contribution < 1.29 is 22.7 Å². The standard InChI is InChI=1S/C16H12F3N3O2/c1-2-24-16(23)22-15-20-13-4-3-8(5-14(13)21-15)9-6-11(18)12(19)7-10(9)17/h3-7H,2H2,1H3,(H2,20,21,22,23). The van der Waals surface area contributed by atoms with Gasteiger partial charge in [-0.05, 0) is 30.7 Å². The maximum atomic E-state index is 13.9. The molecule has 0 unspecified atom stereocenters. The number of imidazole rings is 1. The first-order chi connectivity index (χ1) is 11.5. The van der Waals surface area contributed by atoms with Gasteiger partial charge >= 0.3 is 6.09 Å². The second kappa shape index (κ2) is 6.23. The van der Waals surface area contributed by atoms with Crippen molar-refractivity contribution in [2.45, 2.75) is 6.92 Å². The number of fused-ring (bicyclic) bond motifs is 1. The molecule has 0 aliphatic rings. The van der Waals surface area contributed by atoms with Gasteiger partial charge in [-0.2, -0.15) is 0 Å². The molecule has 0 aliphatic heterocycles. The molecule has 124 valence electrons. The van der Waals surface area contributed by atoms with Crippen LogP contribution in [0.15, 0.2) is 30.3 Å². The molecule has 8 heteroatoms. The smallest absolute Gasteiger partial charge is 0.413 e. The Bertz CT molecular complexity index is 924. The van der Waals surface area contributed by atoms with Gasteiger partial charge in [-0.3, -0.25) is 5.32 Å². The maximum absolute atomic E-state index is 13.9. The van der Waals surface area contributed by atoms with E-state index >= 15 is 0 Å². The predicted octanol–water partition coefficient (Wildman–Crippen LogP) is 4.22. The Morgan fingerprint density at radius 3 is 2.67 bits per heavy atom. The van der Waals surface area contributed by atoms with E-state index in [1.54, 1.807) is 13.0 Å². The highest BCUT2D eigenvalue weighted by Crippen LogP contribution is 2.28. The lowest BCUT2D eigenvalue weighted by Gasteiger charge is -2.04. The molecule has 5 nitrogen and oxygen atoms in total. The molecule has 0 saturated carbocycles. The number of hydrogen-bond donors (Lipinski definition) is 2.